The zero-order valence-electron chi connectivity index (χ0n) is 26.1. The lowest BCUT2D eigenvalue weighted by Gasteiger charge is -2.65. The van der Waals surface area contributed by atoms with Gasteiger partial charge in [0.1, 0.15) is 24.0 Å². The molecule has 1 saturated carbocycles. The molecule has 1 spiro atoms. The summed E-state index contributed by atoms with van der Waals surface area (Å²) < 4.78 is 41.1. The Balaban J connectivity index is 1.42. The van der Waals surface area contributed by atoms with Crippen molar-refractivity contribution < 1.29 is 42.7 Å². The molecule has 5 aliphatic rings. The van der Waals surface area contributed by atoms with Crippen LogP contribution in [-0.4, -0.2) is 90.6 Å². The number of nitrogens with zero attached hydrogens (tertiary/aromatic N) is 2. The summed E-state index contributed by atoms with van der Waals surface area (Å²) in [6.45, 7) is 2.45. The second kappa shape index (κ2) is 9.77. The van der Waals surface area contributed by atoms with E-state index in [-0.39, 0.29) is 30.4 Å². The molecule has 0 amide bonds. The van der Waals surface area contributed by atoms with E-state index in [4.69, 9.17) is 33.2 Å². The van der Waals surface area contributed by atoms with Crippen LogP contribution in [0.5, 0.6) is 23.0 Å². The van der Waals surface area contributed by atoms with Crippen molar-refractivity contribution in [2.24, 2.45) is 11.3 Å². The van der Waals surface area contributed by atoms with Gasteiger partial charge in [0.25, 0.3) is 0 Å². The van der Waals surface area contributed by atoms with E-state index in [1.165, 1.54) is 28.4 Å². The van der Waals surface area contributed by atoms with Crippen molar-refractivity contribution in [1.29, 1.82) is 0 Å². The molecule has 1 aliphatic carbocycles. The third-order valence-electron chi connectivity index (χ3n) is 11.0. The highest BCUT2D eigenvalue weighted by Crippen LogP contribution is 2.78. The summed E-state index contributed by atoms with van der Waals surface area (Å²) in [7, 11) is 9.54. The smallest absolute Gasteiger partial charge is 0.338 e. The van der Waals surface area contributed by atoms with Crippen molar-refractivity contribution >= 4 is 17.6 Å². The van der Waals surface area contributed by atoms with Crippen molar-refractivity contribution in [3.05, 3.63) is 53.1 Å². The van der Waals surface area contributed by atoms with Crippen LogP contribution in [0.25, 0.3) is 0 Å². The molecule has 44 heavy (non-hydrogen) atoms. The Morgan fingerprint density at radius 2 is 1.75 bits per heavy atom. The van der Waals surface area contributed by atoms with E-state index in [0.29, 0.717) is 42.4 Å². The maximum atomic E-state index is 14.6. The van der Waals surface area contributed by atoms with Crippen LogP contribution in [0.2, 0.25) is 0 Å². The summed E-state index contributed by atoms with van der Waals surface area (Å²) in [5, 5.41) is 0. The number of hydrogen-bond donors (Lipinski definition) is 0. The van der Waals surface area contributed by atoms with Crippen LogP contribution < -0.4 is 23.8 Å². The van der Waals surface area contributed by atoms with Gasteiger partial charge in [-0.3, -0.25) is 9.69 Å². The first-order valence-corrected chi connectivity index (χ1v) is 14.8. The zero-order valence-corrected chi connectivity index (χ0v) is 26.1. The van der Waals surface area contributed by atoms with E-state index in [1.54, 1.807) is 19.2 Å². The van der Waals surface area contributed by atoms with Crippen LogP contribution in [0.15, 0.2) is 42.0 Å². The van der Waals surface area contributed by atoms with E-state index in [2.05, 4.69) is 15.9 Å². The normalized spacial score (nSPS) is 33.2. The quantitative estimate of drug-likeness (QED) is 0.326. The summed E-state index contributed by atoms with van der Waals surface area (Å²) in [6, 6.07) is 9.10. The van der Waals surface area contributed by atoms with Crippen LogP contribution in [0.1, 0.15) is 35.7 Å². The molecule has 234 valence electrons. The minimum atomic E-state index is -1.30. The standard InChI is InChI=1S/C33H38N2O9/c1-8-18-16-35-26-14-21(18)31(30(37)42-7,17-43-29(36)19-11-24(39-4)28(41-6)25(12-19)40-5)32-15-27(35)44-33(26,32)34(2)23-10-9-20(38-3)13-22(23)32/h8-13,21,26-27H,14-17H2,1-7H3. The SMILES string of the molecule is CC=C1CN2C3CC45c6cc(OC)ccc6N(C)C4(O3)C2CC1C5(COC(=O)c1cc(OC)c(OC)c(OC)c1)C(=O)OC. The highest BCUT2D eigenvalue weighted by Gasteiger charge is 2.88. The van der Waals surface area contributed by atoms with E-state index in [9.17, 15) is 9.59 Å². The van der Waals surface area contributed by atoms with Gasteiger partial charge in [0.15, 0.2) is 17.2 Å². The summed E-state index contributed by atoms with van der Waals surface area (Å²) >= 11 is 0. The molecule has 4 bridgehead atoms. The Morgan fingerprint density at radius 3 is 2.36 bits per heavy atom. The van der Waals surface area contributed by atoms with Gasteiger partial charge >= 0.3 is 11.9 Å². The van der Waals surface area contributed by atoms with E-state index >= 15 is 0 Å². The maximum absolute atomic E-state index is 14.6. The molecule has 7 rings (SSSR count). The Kier molecular flexibility index (Phi) is 6.39. The Labute approximate surface area is 256 Å². The van der Waals surface area contributed by atoms with Crippen molar-refractivity contribution in [1.82, 2.24) is 4.90 Å². The molecule has 4 aliphatic heterocycles. The highest BCUT2D eigenvalue weighted by molar-refractivity contribution is 5.92. The fourth-order valence-corrected chi connectivity index (χ4v) is 9.37. The number of carbonyl (C=O) groups excluding carboxylic acids is 2. The average Bonchev–Trinajstić information content (AvgIpc) is 3.67. The summed E-state index contributed by atoms with van der Waals surface area (Å²) in [6.07, 6.45) is 3.07. The number of anilines is 1. The number of ether oxygens (including phenoxy) is 7. The summed E-state index contributed by atoms with van der Waals surface area (Å²) in [4.78, 5) is 33.1. The fraction of sp³-hybridized carbons (Fsp3) is 0.515. The first-order valence-electron chi connectivity index (χ1n) is 14.8. The average molecular weight is 607 g/mol. The molecule has 0 aromatic heterocycles. The van der Waals surface area contributed by atoms with E-state index in [1.807, 2.05) is 32.2 Å². The first kappa shape index (κ1) is 28.8. The van der Waals surface area contributed by atoms with Gasteiger partial charge in [0.05, 0.1) is 52.6 Å². The molecule has 11 heteroatoms. The Hall–Kier alpha value is -3.96. The molecule has 0 N–H and O–H groups in total. The predicted molar refractivity (Wildman–Crippen MR) is 158 cm³/mol. The number of likely N-dealkylation sites (N-methyl/N-ethyl adjacent to an activating group) is 1. The number of hydrogen-bond acceptors (Lipinski definition) is 11. The molecule has 2 aromatic carbocycles. The highest BCUT2D eigenvalue weighted by atomic mass is 16.6. The van der Waals surface area contributed by atoms with Crippen molar-refractivity contribution in [3.8, 4) is 23.0 Å². The fourth-order valence-electron chi connectivity index (χ4n) is 9.37. The van der Waals surface area contributed by atoms with Crippen molar-refractivity contribution in [2.75, 3.05) is 60.6 Å². The Bertz CT molecular complexity index is 1570. The molecule has 4 heterocycles. The summed E-state index contributed by atoms with van der Waals surface area (Å²) in [5.41, 5.74) is 0.158. The van der Waals surface area contributed by atoms with Crippen LogP contribution in [0.3, 0.4) is 0 Å². The minimum absolute atomic E-state index is 0.0296. The zero-order chi connectivity index (χ0) is 31.2. The second-order valence-electron chi connectivity index (χ2n) is 12.1. The van der Waals surface area contributed by atoms with Crippen LogP contribution in [-0.2, 0) is 24.4 Å². The van der Waals surface area contributed by atoms with Gasteiger partial charge in [-0.25, -0.2) is 4.79 Å². The monoisotopic (exact) mass is 606 g/mol. The third kappa shape index (κ3) is 3.13. The number of allylic oxidation sites excluding steroid dienone is 1. The van der Waals surface area contributed by atoms with E-state index in [0.717, 1.165) is 16.8 Å². The number of methoxy groups -OCH3 is 5. The van der Waals surface area contributed by atoms with Gasteiger partial charge in [0.2, 0.25) is 5.75 Å². The molecular weight excluding hydrogens is 568 g/mol. The van der Waals surface area contributed by atoms with Gasteiger partial charge < -0.3 is 38.1 Å². The van der Waals surface area contributed by atoms with Gasteiger partial charge in [-0.2, -0.15) is 0 Å². The Morgan fingerprint density at radius 1 is 1.02 bits per heavy atom. The van der Waals surface area contributed by atoms with Gasteiger partial charge in [0, 0.05) is 31.6 Å². The maximum Gasteiger partial charge on any atom is 0.338 e. The molecule has 3 saturated heterocycles. The lowest BCUT2D eigenvalue weighted by atomic mass is 9.42. The lowest BCUT2D eigenvalue weighted by molar-refractivity contribution is -0.194. The number of piperidine rings is 2. The molecule has 4 fully saturated rings. The third-order valence-corrected chi connectivity index (χ3v) is 11.0. The van der Waals surface area contributed by atoms with Gasteiger partial charge in [-0.1, -0.05) is 11.6 Å². The number of benzene rings is 2. The molecule has 6 unspecified atom stereocenters. The molecule has 0 radical (unpaired) electrons. The topological polar surface area (TPSA) is 105 Å². The molecule has 11 nitrogen and oxygen atoms in total. The number of rotatable bonds is 8. The van der Waals surface area contributed by atoms with Crippen molar-refractivity contribution in [2.45, 2.75) is 43.2 Å². The van der Waals surface area contributed by atoms with Gasteiger partial charge in [-0.15, -0.1) is 0 Å². The van der Waals surface area contributed by atoms with Crippen LogP contribution in [0, 0.1) is 11.3 Å². The molecule has 6 atom stereocenters. The van der Waals surface area contributed by atoms with E-state index < -0.39 is 28.5 Å². The van der Waals surface area contributed by atoms with Crippen LogP contribution >= 0.6 is 0 Å². The second-order valence-corrected chi connectivity index (χ2v) is 12.1. The number of fused-ring (bicyclic) bond motifs is 4. The molecular formula is C33H38N2O9. The molecule has 2 aromatic rings. The lowest BCUT2D eigenvalue weighted by Crippen LogP contribution is -2.80. The number of carbonyl (C=O) groups is 2. The first-order chi connectivity index (χ1) is 21.2. The minimum Gasteiger partial charge on any atom is -0.497 e. The largest absolute Gasteiger partial charge is 0.497 e. The van der Waals surface area contributed by atoms with Gasteiger partial charge in [-0.05, 0) is 49.2 Å². The van der Waals surface area contributed by atoms with Crippen LogP contribution in [0.4, 0.5) is 5.69 Å². The summed E-state index contributed by atoms with van der Waals surface area (Å²) in [5.74, 6) is 0.381. The predicted octanol–water partition coefficient (Wildman–Crippen LogP) is 3.53. The number of esters is 2. The van der Waals surface area contributed by atoms with Crippen molar-refractivity contribution in [3.63, 3.8) is 0 Å².